The van der Waals surface area contributed by atoms with Gasteiger partial charge in [-0.2, -0.15) is 0 Å². The van der Waals surface area contributed by atoms with E-state index in [1.54, 1.807) is 0 Å². The van der Waals surface area contributed by atoms with Gasteiger partial charge in [-0.1, -0.05) is 29.3 Å². The van der Waals surface area contributed by atoms with E-state index in [0.717, 1.165) is 22.3 Å². The molecule has 3 rings (SSSR count). The van der Waals surface area contributed by atoms with E-state index in [1.807, 2.05) is 12.3 Å². The first-order chi connectivity index (χ1) is 9.22. The molecule has 0 aliphatic carbocycles. The van der Waals surface area contributed by atoms with Crippen LogP contribution in [0.25, 0.3) is 10.9 Å². The van der Waals surface area contributed by atoms with Crippen LogP contribution in [0.1, 0.15) is 11.1 Å². The highest BCUT2D eigenvalue weighted by atomic mass is 14.9. The summed E-state index contributed by atoms with van der Waals surface area (Å²) in [5.74, 6) is 0. The van der Waals surface area contributed by atoms with Crippen molar-refractivity contribution in [1.29, 1.82) is 0 Å². The molecular weight excluding hydrogens is 232 g/mol. The molecule has 2 nitrogen and oxygen atoms in total. The average Bonchev–Trinajstić information content (AvgIpc) is 2.42. The summed E-state index contributed by atoms with van der Waals surface area (Å²) in [6.45, 7) is 4.19. The number of aryl methyl sites for hydroxylation is 2. The zero-order valence-electron chi connectivity index (χ0n) is 11.1. The van der Waals surface area contributed by atoms with Crippen LogP contribution in [0.15, 0.2) is 54.7 Å². The minimum Gasteiger partial charge on any atom is -0.355 e. The van der Waals surface area contributed by atoms with Gasteiger partial charge in [0.25, 0.3) is 0 Å². The number of rotatable bonds is 2. The SMILES string of the molecule is Cc1ccc(Nc2ccnc3ccc(C)cc23)cc1. The Balaban J connectivity index is 2.05. The van der Waals surface area contributed by atoms with Crippen molar-refractivity contribution < 1.29 is 0 Å². The maximum atomic E-state index is 4.40. The van der Waals surface area contributed by atoms with Gasteiger partial charge in [-0.3, -0.25) is 4.98 Å². The Morgan fingerprint density at radius 2 is 1.58 bits per heavy atom. The van der Waals surface area contributed by atoms with Crippen LogP contribution in [0.4, 0.5) is 11.4 Å². The zero-order chi connectivity index (χ0) is 13.2. The van der Waals surface area contributed by atoms with Crippen LogP contribution in [0.3, 0.4) is 0 Å². The van der Waals surface area contributed by atoms with E-state index < -0.39 is 0 Å². The average molecular weight is 248 g/mol. The molecule has 0 atom stereocenters. The molecule has 0 unspecified atom stereocenters. The predicted molar refractivity (Wildman–Crippen MR) is 80.9 cm³/mol. The quantitative estimate of drug-likeness (QED) is 0.717. The third kappa shape index (κ3) is 2.43. The first-order valence-electron chi connectivity index (χ1n) is 6.41. The minimum absolute atomic E-state index is 1.02. The zero-order valence-corrected chi connectivity index (χ0v) is 11.1. The number of anilines is 2. The molecule has 0 saturated carbocycles. The summed E-state index contributed by atoms with van der Waals surface area (Å²) in [5, 5.41) is 4.62. The summed E-state index contributed by atoms with van der Waals surface area (Å²) >= 11 is 0. The molecule has 0 bridgehead atoms. The van der Waals surface area contributed by atoms with E-state index >= 15 is 0 Å². The number of nitrogens with one attached hydrogen (secondary N) is 1. The van der Waals surface area contributed by atoms with Crippen molar-refractivity contribution in [3.05, 3.63) is 65.9 Å². The van der Waals surface area contributed by atoms with Gasteiger partial charge in [0.05, 0.1) is 5.52 Å². The first kappa shape index (κ1) is 11.7. The monoisotopic (exact) mass is 248 g/mol. The number of hydrogen-bond donors (Lipinski definition) is 1. The number of fused-ring (bicyclic) bond motifs is 1. The highest BCUT2D eigenvalue weighted by Gasteiger charge is 2.02. The van der Waals surface area contributed by atoms with Crippen LogP contribution in [-0.2, 0) is 0 Å². The Hall–Kier alpha value is -2.35. The van der Waals surface area contributed by atoms with Gasteiger partial charge >= 0.3 is 0 Å². The molecule has 0 amide bonds. The number of nitrogens with zero attached hydrogens (tertiary/aromatic N) is 1. The Labute approximate surface area is 113 Å². The molecule has 0 saturated heterocycles. The number of pyridine rings is 1. The molecule has 1 aromatic heterocycles. The highest BCUT2D eigenvalue weighted by Crippen LogP contribution is 2.25. The largest absolute Gasteiger partial charge is 0.355 e. The van der Waals surface area contributed by atoms with Gasteiger partial charge in [-0.05, 0) is 44.2 Å². The topological polar surface area (TPSA) is 24.9 Å². The summed E-state index contributed by atoms with van der Waals surface area (Å²) in [7, 11) is 0. The van der Waals surface area contributed by atoms with Gasteiger partial charge in [-0.25, -0.2) is 0 Å². The Kier molecular flexibility index (Phi) is 2.92. The van der Waals surface area contributed by atoms with Crippen molar-refractivity contribution in [3.63, 3.8) is 0 Å². The van der Waals surface area contributed by atoms with E-state index in [4.69, 9.17) is 0 Å². The molecular formula is C17H16N2. The molecule has 1 N–H and O–H groups in total. The third-order valence-corrected chi connectivity index (χ3v) is 3.23. The Bertz CT molecular complexity index is 715. The molecule has 0 fully saturated rings. The standard InChI is InChI=1S/C17H16N2/c1-12-3-6-14(7-4-12)19-17-9-10-18-16-8-5-13(2)11-15(16)17/h3-11H,1-2H3,(H,18,19). The van der Waals surface area contributed by atoms with Crippen LogP contribution in [-0.4, -0.2) is 4.98 Å². The second-order valence-corrected chi connectivity index (χ2v) is 4.87. The molecule has 19 heavy (non-hydrogen) atoms. The van der Waals surface area contributed by atoms with E-state index in [-0.39, 0.29) is 0 Å². The van der Waals surface area contributed by atoms with Crippen molar-refractivity contribution in [1.82, 2.24) is 4.98 Å². The van der Waals surface area contributed by atoms with Crippen LogP contribution < -0.4 is 5.32 Å². The van der Waals surface area contributed by atoms with Gasteiger partial charge in [0.2, 0.25) is 0 Å². The summed E-state index contributed by atoms with van der Waals surface area (Å²) in [5.41, 5.74) is 5.72. The van der Waals surface area contributed by atoms with E-state index in [2.05, 4.69) is 66.6 Å². The molecule has 3 aromatic rings. The molecule has 0 aliphatic heterocycles. The van der Waals surface area contributed by atoms with Crippen molar-refractivity contribution >= 4 is 22.3 Å². The molecule has 0 radical (unpaired) electrons. The van der Waals surface area contributed by atoms with Gasteiger partial charge in [0, 0.05) is 23.0 Å². The molecule has 2 heteroatoms. The maximum absolute atomic E-state index is 4.40. The normalized spacial score (nSPS) is 10.6. The summed E-state index contributed by atoms with van der Waals surface area (Å²) in [4.78, 5) is 4.40. The maximum Gasteiger partial charge on any atom is 0.0723 e. The predicted octanol–water partition coefficient (Wildman–Crippen LogP) is 4.60. The second kappa shape index (κ2) is 4.73. The van der Waals surface area contributed by atoms with Crippen molar-refractivity contribution in [3.8, 4) is 0 Å². The fraction of sp³-hybridized carbons (Fsp3) is 0.118. The lowest BCUT2D eigenvalue weighted by molar-refractivity contribution is 1.38. The van der Waals surface area contributed by atoms with Gasteiger partial charge < -0.3 is 5.32 Å². The van der Waals surface area contributed by atoms with E-state index in [0.29, 0.717) is 0 Å². The molecule has 2 aromatic carbocycles. The van der Waals surface area contributed by atoms with Crippen LogP contribution in [0.2, 0.25) is 0 Å². The van der Waals surface area contributed by atoms with Crippen molar-refractivity contribution in [2.75, 3.05) is 5.32 Å². The van der Waals surface area contributed by atoms with Crippen molar-refractivity contribution in [2.24, 2.45) is 0 Å². The van der Waals surface area contributed by atoms with Gasteiger partial charge in [-0.15, -0.1) is 0 Å². The lowest BCUT2D eigenvalue weighted by Crippen LogP contribution is -1.93. The molecule has 1 heterocycles. The summed E-state index contributed by atoms with van der Waals surface area (Å²) in [6.07, 6.45) is 1.84. The lowest BCUT2D eigenvalue weighted by Gasteiger charge is -2.10. The summed E-state index contributed by atoms with van der Waals surface area (Å²) < 4.78 is 0. The fourth-order valence-electron chi connectivity index (χ4n) is 2.16. The van der Waals surface area contributed by atoms with E-state index in [9.17, 15) is 0 Å². The minimum atomic E-state index is 1.02. The number of aromatic nitrogens is 1. The van der Waals surface area contributed by atoms with Crippen LogP contribution in [0.5, 0.6) is 0 Å². The first-order valence-corrected chi connectivity index (χ1v) is 6.41. The molecule has 0 aliphatic rings. The summed E-state index contributed by atoms with van der Waals surface area (Å²) in [6, 6.07) is 16.7. The smallest absolute Gasteiger partial charge is 0.0723 e. The molecule has 94 valence electrons. The van der Waals surface area contributed by atoms with Crippen LogP contribution >= 0.6 is 0 Å². The lowest BCUT2D eigenvalue weighted by atomic mass is 10.1. The Morgan fingerprint density at radius 1 is 0.842 bits per heavy atom. The van der Waals surface area contributed by atoms with E-state index in [1.165, 1.54) is 11.1 Å². The van der Waals surface area contributed by atoms with Gasteiger partial charge in [0.1, 0.15) is 0 Å². The number of benzene rings is 2. The third-order valence-electron chi connectivity index (χ3n) is 3.23. The highest BCUT2D eigenvalue weighted by molar-refractivity contribution is 5.93. The van der Waals surface area contributed by atoms with Gasteiger partial charge in [0.15, 0.2) is 0 Å². The molecule has 0 spiro atoms. The number of hydrogen-bond acceptors (Lipinski definition) is 2. The van der Waals surface area contributed by atoms with Crippen molar-refractivity contribution in [2.45, 2.75) is 13.8 Å². The Morgan fingerprint density at radius 3 is 2.37 bits per heavy atom. The second-order valence-electron chi connectivity index (χ2n) is 4.87. The van der Waals surface area contributed by atoms with Crippen LogP contribution in [0, 0.1) is 13.8 Å². The fourth-order valence-corrected chi connectivity index (χ4v) is 2.16.